The summed E-state index contributed by atoms with van der Waals surface area (Å²) in [5, 5.41) is 6.36. The SMILES string of the molecule is CCCOc1ccc(/C=N\NC(=O)C(=O)NC[C@@H]2CCCO2)cc1OCC. The number of nitrogens with zero attached hydrogens (tertiary/aromatic N) is 1. The molecule has 2 amide bonds. The van der Waals surface area contributed by atoms with Crippen LogP contribution >= 0.6 is 0 Å². The molecule has 0 aliphatic carbocycles. The maximum atomic E-state index is 11.8. The Bertz CT molecular complexity index is 657. The van der Waals surface area contributed by atoms with Gasteiger partial charge in [-0.05, 0) is 49.9 Å². The summed E-state index contributed by atoms with van der Waals surface area (Å²) in [6.45, 7) is 6.05. The highest BCUT2D eigenvalue weighted by Crippen LogP contribution is 2.28. The first-order valence-corrected chi connectivity index (χ1v) is 9.26. The van der Waals surface area contributed by atoms with Crippen molar-refractivity contribution in [2.24, 2.45) is 5.10 Å². The van der Waals surface area contributed by atoms with Crippen molar-refractivity contribution in [3.63, 3.8) is 0 Å². The third kappa shape index (κ3) is 6.90. The van der Waals surface area contributed by atoms with E-state index >= 15 is 0 Å². The van der Waals surface area contributed by atoms with Gasteiger partial charge >= 0.3 is 11.8 Å². The summed E-state index contributed by atoms with van der Waals surface area (Å²) >= 11 is 0. The number of rotatable bonds is 9. The normalized spacial score (nSPS) is 16.3. The molecule has 1 aliphatic rings. The van der Waals surface area contributed by atoms with Crippen molar-refractivity contribution >= 4 is 18.0 Å². The largest absolute Gasteiger partial charge is 0.490 e. The minimum absolute atomic E-state index is 0.0179. The fourth-order valence-corrected chi connectivity index (χ4v) is 2.51. The number of benzene rings is 1. The number of amides is 2. The van der Waals surface area contributed by atoms with E-state index in [0.717, 1.165) is 19.3 Å². The van der Waals surface area contributed by atoms with E-state index in [1.54, 1.807) is 18.2 Å². The van der Waals surface area contributed by atoms with Gasteiger partial charge in [0.2, 0.25) is 0 Å². The maximum absolute atomic E-state index is 11.8. The molecule has 0 bridgehead atoms. The Morgan fingerprint density at radius 3 is 2.81 bits per heavy atom. The van der Waals surface area contributed by atoms with Crippen LogP contribution < -0.4 is 20.2 Å². The molecule has 0 unspecified atom stereocenters. The topological polar surface area (TPSA) is 98.2 Å². The van der Waals surface area contributed by atoms with Crippen LogP contribution in [0.15, 0.2) is 23.3 Å². The zero-order valence-corrected chi connectivity index (χ0v) is 15.8. The summed E-state index contributed by atoms with van der Waals surface area (Å²) in [4.78, 5) is 23.5. The number of hydrogen-bond donors (Lipinski definition) is 2. The molecule has 1 saturated heterocycles. The lowest BCUT2D eigenvalue weighted by Gasteiger charge is -2.11. The summed E-state index contributed by atoms with van der Waals surface area (Å²) in [7, 11) is 0. The predicted molar refractivity (Wildman–Crippen MR) is 101 cm³/mol. The van der Waals surface area contributed by atoms with Crippen molar-refractivity contribution in [1.29, 1.82) is 0 Å². The smallest absolute Gasteiger partial charge is 0.329 e. The lowest BCUT2D eigenvalue weighted by molar-refractivity contribution is -0.139. The van der Waals surface area contributed by atoms with Gasteiger partial charge in [0.25, 0.3) is 0 Å². The predicted octanol–water partition coefficient (Wildman–Crippen LogP) is 1.62. The van der Waals surface area contributed by atoms with Crippen molar-refractivity contribution < 1.29 is 23.8 Å². The average Bonchev–Trinajstić information content (AvgIpc) is 3.19. The highest BCUT2D eigenvalue weighted by atomic mass is 16.5. The molecule has 1 atom stereocenters. The number of ether oxygens (including phenoxy) is 3. The molecule has 148 valence electrons. The van der Waals surface area contributed by atoms with Gasteiger partial charge in [0.05, 0.1) is 25.5 Å². The average molecular weight is 377 g/mol. The van der Waals surface area contributed by atoms with Crippen LogP contribution in [0.25, 0.3) is 0 Å². The molecule has 1 heterocycles. The Labute approximate surface area is 159 Å². The van der Waals surface area contributed by atoms with Gasteiger partial charge in [-0.1, -0.05) is 6.92 Å². The molecular formula is C19H27N3O5. The number of nitrogens with one attached hydrogen (secondary N) is 2. The van der Waals surface area contributed by atoms with Crippen LogP contribution in [0.3, 0.4) is 0 Å². The van der Waals surface area contributed by atoms with Crippen molar-refractivity contribution in [2.75, 3.05) is 26.4 Å². The molecule has 27 heavy (non-hydrogen) atoms. The van der Waals surface area contributed by atoms with Gasteiger partial charge in [-0.25, -0.2) is 5.43 Å². The highest BCUT2D eigenvalue weighted by molar-refractivity contribution is 6.35. The molecular weight excluding hydrogens is 350 g/mol. The fourth-order valence-electron chi connectivity index (χ4n) is 2.51. The standard InChI is InChI=1S/C19H27N3O5/c1-3-9-27-16-8-7-14(11-17(16)25-4-2)12-21-22-19(24)18(23)20-13-15-6-5-10-26-15/h7-8,11-12,15H,3-6,9-10,13H2,1-2H3,(H,20,23)(H,22,24)/b21-12-/t15-/m0/s1. The van der Waals surface area contributed by atoms with Gasteiger partial charge in [0.15, 0.2) is 11.5 Å². The molecule has 0 radical (unpaired) electrons. The van der Waals surface area contributed by atoms with Crippen molar-refractivity contribution in [3.05, 3.63) is 23.8 Å². The van der Waals surface area contributed by atoms with E-state index < -0.39 is 11.8 Å². The van der Waals surface area contributed by atoms with E-state index in [4.69, 9.17) is 14.2 Å². The first-order chi connectivity index (χ1) is 13.1. The Balaban J connectivity index is 1.85. The van der Waals surface area contributed by atoms with Crippen LogP contribution in [-0.2, 0) is 14.3 Å². The third-order valence-corrected chi connectivity index (χ3v) is 3.83. The Morgan fingerprint density at radius 2 is 2.11 bits per heavy atom. The second kappa shape index (κ2) is 11.2. The highest BCUT2D eigenvalue weighted by Gasteiger charge is 2.18. The van der Waals surface area contributed by atoms with Crippen LogP contribution in [0.2, 0.25) is 0 Å². The summed E-state index contributed by atoms with van der Waals surface area (Å²) in [5.74, 6) is -0.290. The number of hydrogen-bond acceptors (Lipinski definition) is 6. The summed E-state index contributed by atoms with van der Waals surface area (Å²) in [5.41, 5.74) is 2.92. The zero-order valence-electron chi connectivity index (χ0n) is 15.8. The molecule has 0 saturated carbocycles. The number of hydrazone groups is 1. The van der Waals surface area contributed by atoms with Gasteiger partial charge in [-0.3, -0.25) is 9.59 Å². The molecule has 1 aliphatic heterocycles. The van der Waals surface area contributed by atoms with E-state index in [1.807, 2.05) is 13.8 Å². The van der Waals surface area contributed by atoms with Gasteiger partial charge in [-0.15, -0.1) is 0 Å². The lowest BCUT2D eigenvalue weighted by Crippen LogP contribution is -2.41. The molecule has 1 aromatic carbocycles. The van der Waals surface area contributed by atoms with Gasteiger partial charge in [-0.2, -0.15) is 5.10 Å². The summed E-state index contributed by atoms with van der Waals surface area (Å²) in [6.07, 6.45) is 4.19. The minimum Gasteiger partial charge on any atom is -0.490 e. The molecule has 0 spiro atoms. The molecule has 1 aromatic rings. The molecule has 2 rings (SSSR count). The van der Waals surface area contributed by atoms with Crippen molar-refractivity contribution in [2.45, 2.75) is 39.2 Å². The number of carbonyl (C=O) groups excluding carboxylic acids is 2. The lowest BCUT2D eigenvalue weighted by atomic mass is 10.2. The van der Waals surface area contributed by atoms with Crippen LogP contribution in [0, 0.1) is 0 Å². The second-order valence-corrected chi connectivity index (χ2v) is 6.03. The molecule has 8 heteroatoms. The van der Waals surface area contributed by atoms with Crippen molar-refractivity contribution in [3.8, 4) is 11.5 Å². The maximum Gasteiger partial charge on any atom is 0.329 e. The quantitative estimate of drug-likeness (QED) is 0.387. The van der Waals surface area contributed by atoms with E-state index in [1.165, 1.54) is 6.21 Å². The van der Waals surface area contributed by atoms with E-state index in [2.05, 4.69) is 15.8 Å². The Kier molecular flexibility index (Phi) is 8.57. The first kappa shape index (κ1) is 20.7. The zero-order chi connectivity index (χ0) is 19.5. The van der Waals surface area contributed by atoms with E-state index in [0.29, 0.717) is 43.4 Å². The van der Waals surface area contributed by atoms with E-state index in [-0.39, 0.29) is 6.10 Å². The van der Waals surface area contributed by atoms with Gasteiger partial charge in [0, 0.05) is 13.2 Å². The molecule has 0 aromatic heterocycles. The molecule has 1 fully saturated rings. The molecule has 2 N–H and O–H groups in total. The van der Waals surface area contributed by atoms with Crippen LogP contribution in [0.4, 0.5) is 0 Å². The monoisotopic (exact) mass is 377 g/mol. The van der Waals surface area contributed by atoms with Crippen molar-refractivity contribution in [1.82, 2.24) is 10.7 Å². The summed E-state index contributed by atoms with van der Waals surface area (Å²) < 4.78 is 16.6. The third-order valence-electron chi connectivity index (χ3n) is 3.83. The Morgan fingerprint density at radius 1 is 1.26 bits per heavy atom. The first-order valence-electron chi connectivity index (χ1n) is 9.26. The van der Waals surface area contributed by atoms with E-state index in [9.17, 15) is 9.59 Å². The second-order valence-electron chi connectivity index (χ2n) is 6.03. The van der Waals surface area contributed by atoms with Crippen LogP contribution in [-0.4, -0.2) is 50.5 Å². The number of carbonyl (C=O) groups is 2. The minimum atomic E-state index is -0.822. The Hall–Kier alpha value is -2.61. The van der Waals surface area contributed by atoms with Gasteiger partial charge < -0.3 is 19.5 Å². The summed E-state index contributed by atoms with van der Waals surface area (Å²) in [6, 6.07) is 5.35. The fraction of sp³-hybridized carbons (Fsp3) is 0.526. The molecule has 8 nitrogen and oxygen atoms in total. The van der Waals surface area contributed by atoms with Crippen LogP contribution in [0.5, 0.6) is 11.5 Å². The van der Waals surface area contributed by atoms with Gasteiger partial charge in [0.1, 0.15) is 0 Å². The van der Waals surface area contributed by atoms with Crippen LogP contribution in [0.1, 0.15) is 38.7 Å².